The summed E-state index contributed by atoms with van der Waals surface area (Å²) in [5.74, 6) is -2.44. The van der Waals surface area contributed by atoms with Gasteiger partial charge in [-0.1, -0.05) is 12.7 Å². The molecular weight excluding hydrogens is 212 g/mol. The molecule has 5 nitrogen and oxygen atoms in total. The summed E-state index contributed by atoms with van der Waals surface area (Å²) >= 11 is 0. The number of aliphatic hydroxyl groups excluding tert-OH is 1. The highest BCUT2D eigenvalue weighted by atomic mass is 16.4. The summed E-state index contributed by atoms with van der Waals surface area (Å²) in [5.41, 5.74) is -0.303. The van der Waals surface area contributed by atoms with E-state index in [1.165, 1.54) is 0 Å². The Hall–Kier alpha value is -2.04. The summed E-state index contributed by atoms with van der Waals surface area (Å²) < 4.78 is 0. The number of aliphatic hydroxyl groups is 1. The van der Waals surface area contributed by atoms with Crippen molar-refractivity contribution >= 4 is 11.9 Å². The molecule has 90 valence electrons. The molecule has 0 saturated heterocycles. The van der Waals surface area contributed by atoms with E-state index in [1.807, 2.05) is 6.08 Å². The third-order valence-electron chi connectivity index (χ3n) is 1.31. The fourth-order valence-electron chi connectivity index (χ4n) is 0.547. The molecule has 0 aliphatic carbocycles. The molecule has 3 N–H and O–H groups in total. The van der Waals surface area contributed by atoms with Crippen LogP contribution in [0.3, 0.4) is 0 Å². The number of unbranched alkanes of at least 4 members (excludes halogenated alkanes) is 1. The van der Waals surface area contributed by atoms with Gasteiger partial charge in [0.05, 0.1) is 12.7 Å². The summed E-state index contributed by atoms with van der Waals surface area (Å²) in [6, 6.07) is 0. The van der Waals surface area contributed by atoms with Gasteiger partial charge in [0, 0.05) is 5.57 Å². The van der Waals surface area contributed by atoms with Gasteiger partial charge >= 0.3 is 11.9 Å². The first-order chi connectivity index (χ1) is 7.45. The molecule has 0 amide bonds. The number of aliphatic carboxylic acids is 2. The molecule has 0 saturated carbocycles. The fraction of sp³-hybridized carbons (Fsp3) is 0.273. The zero-order chi connectivity index (χ0) is 13.0. The van der Waals surface area contributed by atoms with Crippen LogP contribution in [0.4, 0.5) is 0 Å². The number of hydrogen-bond donors (Lipinski definition) is 3. The Morgan fingerprint density at radius 3 is 2.00 bits per heavy atom. The number of carbonyl (C=O) groups is 2. The maximum Gasteiger partial charge on any atom is 0.331 e. The minimum atomic E-state index is -1.27. The molecule has 5 heteroatoms. The largest absolute Gasteiger partial charge is 0.516 e. The molecule has 0 bridgehead atoms. The van der Waals surface area contributed by atoms with E-state index in [1.54, 1.807) is 6.08 Å². The highest BCUT2D eigenvalue weighted by Gasteiger charge is 2.07. The molecule has 0 radical (unpaired) electrons. The Kier molecular flexibility index (Phi) is 11.3. The van der Waals surface area contributed by atoms with E-state index in [9.17, 15) is 9.59 Å². The standard InChI is InChI=1S/C6H10O.C5H6O4/c1-2-3-4-5-6-7;1-3(5(8)9)2-4(6)7/h2,5-7H,1,3-4H2;1-2H2,(H,6,7)(H,8,9). The summed E-state index contributed by atoms with van der Waals surface area (Å²) in [5, 5.41) is 24.2. The molecule has 0 fully saturated rings. The molecular formula is C11H16O5. The van der Waals surface area contributed by atoms with Crippen LogP contribution in [0.25, 0.3) is 0 Å². The van der Waals surface area contributed by atoms with Gasteiger partial charge in [0.15, 0.2) is 0 Å². The second kappa shape index (κ2) is 11.0. The molecule has 0 spiro atoms. The first-order valence-electron chi connectivity index (χ1n) is 4.48. The molecule has 0 aromatic carbocycles. The van der Waals surface area contributed by atoms with Crippen LogP contribution in [0.15, 0.2) is 37.1 Å². The van der Waals surface area contributed by atoms with Crippen molar-refractivity contribution in [3.63, 3.8) is 0 Å². The van der Waals surface area contributed by atoms with Crippen molar-refractivity contribution in [2.45, 2.75) is 19.3 Å². The van der Waals surface area contributed by atoms with Gasteiger partial charge in [-0.2, -0.15) is 0 Å². The van der Waals surface area contributed by atoms with Crippen molar-refractivity contribution in [2.75, 3.05) is 0 Å². The van der Waals surface area contributed by atoms with Gasteiger partial charge in [0.2, 0.25) is 0 Å². The number of hydrogen-bond acceptors (Lipinski definition) is 3. The molecule has 0 atom stereocenters. The fourth-order valence-corrected chi connectivity index (χ4v) is 0.547. The number of carboxylic acids is 2. The Bertz CT molecular complexity index is 278. The number of allylic oxidation sites excluding steroid dienone is 2. The molecule has 0 aromatic rings. The van der Waals surface area contributed by atoms with E-state index in [0.717, 1.165) is 19.1 Å². The van der Waals surface area contributed by atoms with E-state index in [4.69, 9.17) is 15.3 Å². The predicted octanol–water partition coefficient (Wildman–Crippen LogP) is 2.13. The molecule has 0 rings (SSSR count). The zero-order valence-electron chi connectivity index (χ0n) is 8.93. The lowest BCUT2D eigenvalue weighted by Crippen LogP contribution is -2.04. The molecule has 16 heavy (non-hydrogen) atoms. The highest BCUT2D eigenvalue weighted by Crippen LogP contribution is 1.95. The van der Waals surface area contributed by atoms with Crippen molar-refractivity contribution in [1.29, 1.82) is 0 Å². The molecule has 0 unspecified atom stereocenters. The van der Waals surface area contributed by atoms with E-state index >= 15 is 0 Å². The van der Waals surface area contributed by atoms with E-state index in [-0.39, 0.29) is 5.57 Å². The average Bonchev–Trinajstić information content (AvgIpc) is 2.18. The van der Waals surface area contributed by atoms with Crippen molar-refractivity contribution in [2.24, 2.45) is 0 Å². The lowest BCUT2D eigenvalue weighted by Gasteiger charge is -1.91. The topological polar surface area (TPSA) is 94.8 Å². The number of carboxylic acid groups (broad SMARTS) is 2. The average molecular weight is 228 g/mol. The third kappa shape index (κ3) is 14.5. The van der Waals surface area contributed by atoms with Crippen LogP contribution in [0.1, 0.15) is 19.3 Å². The van der Waals surface area contributed by atoms with Gasteiger partial charge in [-0.05, 0) is 18.9 Å². The minimum Gasteiger partial charge on any atom is -0.516 e. The van der Waals surface area contributed by atoms with Gasteiger partial charge in [0.1, 0.15) is 0 Å². The van der Waals surface area contributed by atoms with Crippen LogP contribution in [-0.4, -0.2) is 27.3 Å². The summed E-state index contributed by atoms with van der Waals surface area (Å²) in [6.07, 6.45) is 5.90. The summed E-state index contributed by atoms with van der Waals surface area (Å²) in [7, 11) is 0. The van der Waals surface area contributed by atoms with Gasteiger partial charge in [-0.25, -0.2) is 4.79 Å². The van der Waals surface area contributed by atoms with Crippen LogP contribution >= 0.6 is 0 Å². The van der Waals surface area contributed by atoms with Crippen molar-refractivity contribution in [1.82, 2.24) is 0 Å². The Morgan fingerprint density at radius 1 is 1.19 bits per heavy atom. The normalized spacial score (nSPS) is 9.00. The van der Waals surface area contributed by atoms with Crippen LogP contribution < -0.4 is 0 Å². The van der Waals surface area contributed by atoms with E-state index < -0.39 is 18.4 Å². The molecule has 0 aliphatic rings. The first kappa shape index (κ1) is 16.4. The monoisotopic (exact) mass is 228 g/mol. The van der Waals surface area contributed by atoms with Crippen LogP contribution in [0.5, 0.6) is 0 Å². The SMILES string of the molecule is C=C(CC(=O)O)C(=O)O.C=CCCC=CO. The van der Waals surface area contributed by atoms with Crippen molar-refractivity contribution < 1.29 is 24.9 Å². The summed E-state index contributed by atoms with van der Waals surface area (Å²) in [6.45, 7) is 6.53. The maximum absolute atomic E-state index is 9.87. The van der Waals surface area contributed by atoms with Crippen molar-refractivity contribution in [3.05, 3.63) is 37.1 Å². The highest BCUT2D eigenvalue weighted by molar-refractivity contribution is 5.91. The van der Waals surface area contributed by atoms with E-state index in [0.29, 0.717) is 0 Å². The third-order valence-corrected chi connectivity index (χ3v) is 1.31. The maximum atomic E-state index is 9.87. The Labute approximate surface area is 94.0 Å². The Morgan fingerprint density at radius 2 is 1.75 bits per heavy atom. The first-order valence-corrected chi connectivity index (χ1v) is 4.48. The zero-order valence-corrected chi connectivity index (χ0v) is 8.93. The minimum absolute atomic E-state index is 0.303. The Balaban J connectivity index is 0. The van der Waals surface area contributed by atoms with Gasteiger partial charge in [-0.15, -0.1) is 6.58 Å². The second-order valence-corrected chi connectivity index (χ2v) is 2.73. The summed E-state index contributed by atoms with van der Waals surface area (Å²) in [4.78, 5) is 19.7. The molecule has 0 aromatic heterocycles. The quantitative estimate of drug-likeness (QED) is 0.280. The molecule has 0 heterocycles. The van der Waals surface area contributed by atoms with Crippen molar-refractivity contribution in [3.8, 4) is 0 Å². The smallest absolute Gasteiger partial charge is 0.331 e. The van der Waals surface area contributed by atoms with Crippen LogP contribution in [0.2, 0.25) is 0 Å². The number of rotatable bonds is 6. The van der Waals surface area contributed by atoms with E-state index in [2.05, 4.69) is 13.2 Å². The lowest BCUT2D eigenvalue weighted by atomic mass is 10.2. The van der Waals surface area contributed by atoms with Crippen LogP contribution in [-0.2, 0) is 9.59 Å². The lowest BCUT2D eigenvalue weighted by molar-refractivity contribution is -0.139. The van der Waals surface area contributed by atoms with Gasteiger partial charge in [0.25, 0.3) is 0 Å². The molecule has 0 aliphatic heterocycles. The van der Waals surface area contributed by atoms with Gasteiger partial charge in [-0.3, -0.25) is 4.79 Å². The van der Waals surface area contributed by atoms with Gasteiger partial charge < -0.3 is 15.3 Å². The second-order valence-electron chi connectivity index (χ2n) is 2.73. The predicted molar refractivity (Wildman–Crippen MR) is 60.2 cm³/mol. The van der Waals surface area contributed by atoms with Crippen LogP contribution in [0, 0.1) is 0 Å².